The van der Waals surface area contributed by atoms with E-state index in [1.54, 1.807) is 0 Å². The van der Waals surface area contributed by atoms with Crippen LogP contribution in [0.5, 0.6) is 5.75 Å². The first-order chi connectivity index (χ1) is 8.29. The normalized spacial score (nSPS) is 13.7. The zero-order chi connectivity index (χ0) is 13.8. The summed E-state index contributed by atoms with van der Waals surface area (Å²) in [7, 11) is 0. The van der Waals surface area contributed by atoms with Crippen LogP contribution in [0.3, 0.4) is 0 Å². The molecule has 102 valence electrons. The number of rotatable bonds is 5. The van der Waals surface area contributed by atoms with Crippen LogP contribution in [0.4, 0.5) is 22.0 Å². The molecular formula is C11H12F5NO. The third-order valence-electron chi connectivity index (χ3n) is 2.29. The molecule has 2 N–H and O–H groups in total. The Morgan fingerprint density at radius 3 is 2.44 bits per heavy atom. The Morgan fingerprint density at radius 2 is 1.89 bits per heavy atom. The summed E-state index contributed by atoms with van der Waals surface area (Å²) in [5, 5.41) is 0. The first-order valence-corrected chi connectivity index (χ1v) is 5.15. The molecule has 0 aliphatic heterocycles. The van der Waals surface area contributed by atoms with E-state index in [0.29, 0.717) is 5.56 Å². The summed E-state index contributed by atoms with van der Waals surface area (Å²) >= 11 is 0. The zero-order valence-corrected chi connectivity index (χ0v) is 9.25. The second-order valence-electron chi connectivity index (χ2n) is 3.71. The Kier molecular flexibility index (Phi) is 4.89. The second kappa shape index (κ2) is 5.99. The molecule has 0 heterocycles. The zero-order valence-electron chi connectivity index (χ0n) is 9.25. The highest BCUT2D eigenvalue weighted by Gasteiger charge is 2.35. The number of hydrogen-bond donors (Lipinski definition) is 1. The quantitative estimate of drug-likeness (QED) is 0.833. The molecule has 0 saturated heterocycles. The molecule has 0 aliphatic rings. The van der Waals surface area contributed by atoms with Gasteiger partial charge in [-0.15, -0.1) is 0 Å². The van der Waals surface area contributed by atoms with Crippen LogP contribution in [0, 0.1) is 0 Å². The fourth-order valence-corrected chi connectivity index (χ4v) is 1.36. The average molecular weight is 269 g/mol. The van der Waals surface area contributed by atoms with Crippen molar-refractivity contribution in [3.63, 3.8) is 0 Å². The predicted octanol–water partition coefficient (Wildman–Crippen LogP) is 3.11. The summed E-state index contributed by atoms with van der Waals surface area (Å²) in [5.74, 6) is -0.0805. The minimum absolute atomic E-state index is 0.0428. The molecule has 1 aromatic carbocycles. The fourth-order valence-electron chi connectivity index (χ4n) is 1.36. The predicted molar refractivity (Wildman–Crippen MR) is 55.4 cm³/mol. The van der Waals surface area contributed by atoms with Gasteiger partial charge in [-0.2, -0.15) is 22.0 Å². The van der Waals surface area contributed by atoms with E-state index in [1.807, 2.05) is 0 Å². The van der Waals surface area contributed by atoms with Crippen LogP contribution >= 0.6 is 0 Å². The smallest absolute Gasteiger partial charge is 0.403 e. The third kappa shape index (κ3) is 4.87. The SMILES string of the molecule is NC(CCc1cccc(OC(F)F)c1)C(F)(F)F. The molecule has 0 bridgehead atoms. The van der Waals surface area contributed by atoms with E-state index in [2.05, 4.69) is 4.74 Å². The van der Waals surface area contributed by atoms with Gasteiger partial charge in [0.2, 0.25) is 0 Å². The molecule has 0 fully saturated rings. The van der Waals surface area contributed by atoms with Gasteiger partial charge in [-0.25, -0.2) is 0 Å². The number of benzene rings is 1. The van der Waals surface area contributed by atoms with Gasteiger partial charge in [-0.05, 0) is 30.5 Å². The van der Waals surface area contributed by atoms with Crippen molar-refractivity contribution in [2.45, 2.75) is 31.7 Å². The van der Waals surface area contributed by atoms with Gasteiger partial charge in [0.1, 0.15) is 11.8 Å². The van der Waals surface area contributed by atoms with E-state index < -0.39 is 18.8 Å². The summed E-state index contributed by atoms with van der Waals surface area (Å²) in [6, 6.07) is 3.62. The van der Waals surface area contributed by atoms with E-state index in [4.69, 9.17) is 5.73 Å². The monoisotopic (exact) mass is 269 g/mol. The molecule has 1 atom stereocenters. The lowest BCUT2D eigenvalue weighted by Crippen LogP contribution is -2.37. The molecule has 1 rings (SSSR count). The van der Waals surface area contributed by atoms with E-state index in [1.165, 1.54) is 24.3 Å². The Labute approximate surface area is 101 Å². The number of halogens is 5. The van der Waals surface area contributed by atoms with Crippen LogP contribution in [-0.4, -0.2) is 18.8 Å². The van der Waals surface area contributed by atoms with Crippen LogP contribution in [0.15, 0.2) is 24.3 Å². The Morgan fingerprint density at radius 1 is 1.22 bits per heavy atom. The lowest BCUT2D eigenvalue weighted by atomic mass is 10.1. The van der Waals surface area contributed by atoms with Gasteiger partial charge in [0.05, 0.1) is 0 Å². The van der Waals surface area contributed by atoms with Gasteiger partial charge < -0.3 is 10.5 Å². The molecule has 1 aromatic rings. The maximum Gasteiger partial charge on any atom is 0.403 e. The van der Waals surface area contributed by atoms with Crippen molar-refractivity contribution in [3.8, 4) is 5.75 Å². The highest BCUT2D eigenvalue weighted by molar-refractivity contribution is 5.28. The van der Waals surface area contributed by atoms with Gasteiger partial charge in [0, 0.05) is 0 Å². The lowest BCUT2D eigenvalue weighted by molar-refractivity contribution is -0.148. The number of hydrogen-bond acceptors (Lipinski definition) is 2. The van der Waals surface area contributed by atoms with Crippen molar-refractivity contribution in [1.29, 1.82) is 0 Å². The van der Waals surface area contributed by atoms with E-state index in [9.17, 15) is 22.0 Å². The number of nitrogens with two attached hydrogens (primary N) is 1. The van der Waals surface area contributed by atoms with Gasteiger partial charge in [0.25, 0.3) is 0 Å². The molecule has 1 unspecified atom stereocenters. The summed E-state index contributed by atoms with van der Waals surface area (Å²) in [6.07, 6.45) is -4.71. The van der Waals surface area contributed by atoms with Crippen LogP contribution in [0.25, 0.3) is 0 Å². The largest absolute Gasteiger partial charge is 0.435 e. The van der Waals surface area contributed by atoms with Crippen LogP contribution in [0.2, 0.25) is 0 Å². The maximum atomic E-state index is 12.2. The van der Waals surface area contributed by atoms with Crippen LogP contribution in [0.1, 0.15) is 12.0 Å². The minimum Gasteiger partial charge on any atom is -0.435 e. The van der Waals surface area contributed by atoms with E-state index in [-0.39, 0.29) is 18.6 Å². The molecule has 2 nitrogen and oxygen atoms in total. The first-order valence-electron chi connectivity index (χ1n) is 5.15. The lowest BCUT2D eigenvalue weighted by Gasteiger charge is -2.15. The third-order valence-corrected chi connectivity index (χ3v) is 2.29. The second-order valence-corrected chi connectivity index (χ2v) is 3.71. The Bertz CT molecular complexity index is 380. The number of ether oxygens (including phenoxy) is 1. The molecule has 0 aliphatic carbocycles. The van der Waals surface area contributed by atoms with Gasteiger partial charge >= 0.3 is 12.8 Å². The van der Waals surface area contributed by atoms with E-state index in [0.717, 1.165) is 0 Å². The maximum absolute atomic E-state index is 12.2. The Hall–Kier alpha value is -1.37. The van der Waals surface area contributed by atoms with Crippen LogP contribution < -0.4 is 10.5 Å². The van der Waals surface area contributed by atoms with Crippen molar-refractivity contribution >= 4 is 0 Å². The van der Waals surface area contributed by atoms with Gasteiger partial charge in [0.15, 0.2) is 0 Å². The summed E-state index contributed by atoms with van der Waals surface area (Å²) in [4.78, 5) is 0. The van der Waals surface area contributed by atoms with Crippen molar-refractivity contribution in [3.05, 3.63) is 29.8 Å². The summed E-state index contributed by atoms with van der Waals surface area (Å²) in [5.41, 5.74) is 5.41. The molecule has 0 amide bonds. The van der Waals surface area contributed by atoms with Crippen molar-refractivity contribution in [2.75, 3.05) is 0 Å². The molecular weight excluding hydrogens is 257 g/mol. The van der Waals surface area contributed by atoms with Gasteiger partial charge in [-0.1, -0.05) is 12.1 Å². The molecule has 0 radical (unpaired) electrons. The van der Waals surface area contributed by atoms with Gasteiger partial charge in [-0.3, -0.25) is 0 Å². The van der Waals surface area contributed by atoms with Crippen molar-refractivity contribution in [2.24, 2.45) is 5.73 Å². The van der Waals surface area contributed by atoms with Crippen molar-refractivity contribution < 1.29 is 26.7 Å². The minimum atomic E-state index is -4.45. The highest BCUT2D eigenvalue weighted by atomic mass is 19.4. The molecule has 18 heavy (non-hydrogen) atoms. The van der Waals surface area contributed by atoms with E-state index >= 15 is 0 Å². The summed E-state index contributed by atoms with van der Waals surface area (Å²) in [6.45, 7) is -2.96. The Balaban J connectivity index is 2.57. The van der Waals surface area contributed by atoms with Crippen molar-refractivity contribution in [1.82, 2.24) is 0 Å². The number of alkyl halides is 5. The average Bonchev–Trinajstić information content (AvgIpc) is 2.24. The molecule has 0 aromatic heterocycles. The van der Waals surface area contributed by atoms with Crippen LogP contribution in [-0.2, 0) is 6.42 Å². The molecule has 7 heteroatoms. The fraction of sp³-hybridized carbons (Fsp3) is 0.455. The topological polar surface area (TPSA) is 35.2 Å². The molecule has 0 saturated carbocycles. The summed E-state index contributed by atoms with van der Waals surface area (Å²) < 4.78 is 64.5. The standard InChI is InChI=1S/C11H12F5NO/c12-10(13)18-8-3-1-2-7(6-8)4-5-9(17)11(14,15)16/h1-3,6,9-10H,4-5,17H2. The highest BCUT2D eigenvalue weighted by Crippen LogP contribution is 2.23. The number of aryl methyl sites for hydroxylation is 1. The molecule has 0 spiro atoms. The first kappa shape index (κ1) is 14.7.